The van der Waals surface area contributed by atoms with Crippen LogP contribution in [0.5, 0.6) is 0 Å². The smallest absolute Gasteiger partial charge is 0.273 e. The lowest BCUT2D eigenvalue weighted by Crippen LogP contribution is -2.25. The van der Waals surface area contributed by atoms with E-state index in [9.17, 15) is 9.90 Å². The molecule has 0 bridgehead atoms. The zero-order valence-electron chi connectivity index (χ0n) is 13.9. The van der Waals surface area contributed by atoms with Crippen LogP contribution in [0.2, 0.25) is 0 Å². The molecular formula is C17H18N4O3S. The predicted molar refractivity (Wildman–Crippen MR) is 93.1 cm³/mol. The van der Waals surface area contributed by atoms with Crippen LogP contribution in [0.25, 0.3) is 11.3 Å². The van der Waals surface area contributed by atoms with Crippen LogP contribution >= 0.6 is 11.3 Å². The van der Waals surface area contributed by atoms with Gasteiger partial charge in [-0.05, 0) is 13.8 Å². The van der Waals surface area contributed by atoms with Gasteiger partial charge in [0.15, 0.2) is 11.5 Å². The Morgan fingerprint density at radius 1 is 1.28 bits per heavy atom. The Hall–Kier alpha value is -2.58. The molecule has 130 valence electrons. The van der Waals surface area contributed by atoms with Crippen molar-refractivity contribution in [3.8, 4) is 11.3 Å². The van der Waals surface area contributed by atoms with Crippen molar-refractivity contribution in [2.45, 2.75) is 25.9 Å². The molecule has 3 aromatic rings. The van der Waals surface area contributed by atoms with Crippen LogP contribution in [0.4, 0.5) is 0 Å². The molecule has 7 nitrogen and oxygen atoms in total. The maximum Gasteiger partial charge on any atom is 0.273 e. The van der Waals surface area contributed by atoms with Crippen molar-refractivity contribution in [2.24, 2.45) is 0 Å². The minimum Gasteiger partial charge on any atom is -0.383 e. The average Bonchev–Trinajstić information content (AvgIpc) is 3.25. The van der Waals surface area contributed by atoms with Crippen molar-refractivity contribution in [3.05, 3.63) is 52.1 Å². The summed E-state index contributed by atoms with van der Waals surface area (Å²) in [7, 11) is 0. The van der Waals surface area contributed by atoms with Gasteiger partial charge in [0, 0.05) is 24.6 Å². The minimum atomic E-state index is -1.01. The summed E-state index contributed by atoms with van der Waals surface area (Å²) < 4.78 is 5.22. The Bertz CT molecular complexity index is 852. The molecule has 2 aromatic heterocycles. The van der Waals surface area contributed by atoms with Crippen LogP contribution < -0.4 is 5.32 Å². The lowest BCUT2D eigenvalue weighted by Gasteiger charge is -2.11. The van der Waals surface area contributed by atoms with E-state index in [4.69, 9.17) is 4.52 Å². The third kappa shape index (κ3) is 4.28. The number of hydrogen-bond acceptors (Lipinski definition) is 7. The lowest BCUT2D eigenvalue weighted by molar-refractivity contribution is 0.0775. The molecule has 1 aromatic carbocycles. The molecule has 25 heavy (non-hydrogen) atoms. The van der Waals surface area contributed by atoms with Gasteiger partial charge >= 0.3 is 0 Å². The van der Waals surface area contributed by atoms with Crippen LogP contribution in [0, 0.1) is 0 Å². The average molecular weight is 358 g/mol. The van der Waals surface area contributed by atoms with Gasteiger partial charge in [0.1, 0.15) is 15.6 Å². The Balaban J connectivity index is 1.55. The van der Waals surface area contributed by atoms with Crippen LogP contribution in [0.3, 0.4) is 0 Å². The second kappa shape index (κ2) is 7.12. The fourth-order valence-electron chi connectivity index (χ4n) is 2.10. The van der Waals surface area contributed by atoms with E-state index in [1.54, 1.807) is 19.9 Å². The van der Waals surface area contributed by atoms with Gasteiger partial charge in [0.2, 0.25) is 0 Å². The number of benzene rings is 1. The molecule has 0 fully saturated rings. The molecule has 2 N–H and O–H groups in total. The molecule has 0 unspecified atom stereocenters. The molecule has 1 amide bonds. The van der Waals surface area contributed by atoms with Crippen molar-refractivity contribution in [3.63, 3.8) is 0 Å². The van der Waals surface area contributed by atoms with Crippen LogP contribution in [-0.4, -0.2) is 32.9 Å². The van der Waals surface area contributed by atoms with E-state index >= 15 is 0 Å². The molecular weight excluding hydrogens is 340 g/mol. The van der Waals surface area contributed by atoms with E-state index in [0.717, 1.165) is 10.6 Å². The van der Waals surface area contributed by atoms with Crippen LogP contribution in [0.1, 0.15) is 34.4 Å². The maximum absolute atomic E-state index is 12.1. The number of rotatable bonds is 6. The summed E-state index contributed by atoms with van der Waals surface area (Å²) in [4.78, 5) is 12.1. The zero-order chi connectivity index (χ0) is 17.9. The first-order valence-corrected chi connectivity index (χ1v) is 8.61. The van der Waals surface area contributed by atoms with E-state index in [2.05, 4.69) is 20.7 Å². The van der Waals surface area contributed by atoms with Gasteiger partial charge in [-0.1, -0.05) is 46.8 Å². The molecule has 0 radical (unpaired) electrons. The summed E-state index contributed by atoms with van der Waals surface area (Å²) in [5.74, 6) is 0.239. The van der Waals surface area contributed by atoms with Crippen molar-refractivity contribution in [1.29, 1.82) is 0 Å². The normalized spacial score (nSPS) is 11.5. The molecule has 3 rings (SSSR count). The zero-order valence-corrected chi connectivity index (χ0v) is 14.7. The number of aromatic nitrogens is 3. The van der Waals surface area contributed by atoms with Gasteiger partial charge in [-0.3, -0.25) is 4.79 Å². The molecule has 8 heteroatoms. The van der Waals surface area contributed by atoms with Gasteiger partial charge < -0.3 is 14.9 Å². The Morgan fingerprint density at radius 2 is 2.04 bits per heavy atom. The molecule has 0 spiro atoms. The van der Waals surface area contributed by atoms with E-state index < -0.39 is 5.60 Å². The fraction of sp³-hybridized carbons (Fsp3) is 0.294. The van der Waals surface area contributed by atoms with Crippen molar-refractivity contribution >= 4 is 17.2 Å². The first kappa shape index (κ1) is 17.2. The monoisotopic (exact) mass is 358 g/mol. The number of carbonyl (C=O) groups is 1. The highest BCUT2D eigenvalue weighted by Crippen LogP contribution is 2.23. The molecule has 0 saturated heterocycles. The Labute approximate surface area is 148 Å². The number of aliphatic hydroxyl groups is 1. The predicted octanol–water partition coefficient (Wildman–Crippen LogP) is 2.39. The molecule has 2 heterocycles. The van der Waals surface area contributed by atoms with Crippen molar-refractivity contribution in [1.82, 2.24) is 20.7 Å². The summed E-state index contributed by atoms with van der Waals surface area (Å²) in [5.41, 5.74) is 0.0867. The summed E-state index contributed by atoms with van der Waals surface area (Å²) >= 11 is 1.33. The maximum atomic E-state index is 12.1. The van der Waals surface area contributed by atoms with Gasteiger partial charge in [0.25, 0.3) is 5.91 Å². The first-order chi connectivity index (χ1) is 11.9. The number of nitrogens with zero attached hydrogens (tertiary/aromatic N) is 3. The lowest BCUT2D eigenvalue weighted by atomic mass is 10.1. The third-order valence-electron chi connectivity index (χ3n) is 3.42. The van der Waals surface area contributed by atoms with Crippen LogP contribution in [-0.2, 0) is 12.0 Å². The van der Waals surface area contributed by atoms with Crippen LogP contribution in [0.15, 0.2) is 40.9 Å². The summed E-state index contributed by atoms with van der Waals surface area (Å²) in [6.07, 6.45) is 0.531. The Kier molecular flexibility index (Phi) is 4.91. The minimum absolute atomic E-state index is 0.230. The van der Waals surface area contributed by atoms with Gasteiger partial charge in [-0.2, -0.15) is 0 Å². The summed E-state index contributed by atoms with van der Waals surface area (Å²) in [6, 6.07) is 11.1. The molecule has 0 atom stereocenters. The largest absolute Gasteiger partial charge is 0.383 e. The second-order valence-corrected chi connectivity index (χ2v) is 7.07. The number of hydrogen-bond donors (Lipinski definition) is 2. The van der Waals surface area contributed by atoms with E-state index in [1.165, 1.54) is 11.3 Å². The topological polar surface area (TPSA) is 101 Å². The number of nitrogens with one attached hydrogen (secondary N) is 1. The van der Waals surface area contributed by atoms with E-state index in [1.807, 2.05) is 30.3 Å². The standard InChI is InChI=1S/C17H18N4O3S/c1-17(2,23)16-20-19-14(25-16)8-9-18-15(22)12-10-13(24-21-12)11-6-4-3-5-7-11/h3-7,10,23H,8-9H2,1-2H3,(H,18,22). The molecule has 0 aliphatic carbocycles. The number of carbonyl (C=O) groups excluding carboxylic acids is 1. The second-order valence-electron chi connectivity index (χ2n) is 6.01. The highest BCUT2D eigenvalue weighted by atomic mass is 32.1. The van der Waals surface area contributed by atoms with Crippen molar-refractivity contribution in [2.75, 3.05) is 6.54 Å². The fourth-order valence-corrected chi connectivity index (χ4v) is 2.94. The number of amides is 1. The SMILES string of the molecule is CC(C)(O)c1nnc(CCNC(=O)c2cc(-c3ccccc3)on2)s1. The third-order valence-corrected chi connectivity index (χ3v) is 4.71. The van der Waals surface area contributed by atoms with Gasteiger partial charge in [-0.25, -0.2) is 0 Å². The van der Waals surface area contributed by atoms with Gasteiger partial charge in [0.05, 0.1) is 0 Å². The summed E-state index contributed by atoms with van der Waals surface area (Å²) in [5, 5.41) is 25.7. The van der Waals surface area contributed by atoms with E-state index in [-0.39, 0.29) is 11.6 Å². The van der Waals surface area contributed by atoms with Crippen molar-refractivity contribution < 1.29 is 14.4 Å². The van der Waals surface area contributed by atoms with E-state index in [0.29, 0.717) is 23.7 Å². The summed E-state index contributed by atoms with van der Waals surface area (Å²) in [6.45, 7) is 3.72. The Morgan fingerprint density at radius 3 is 2.72 bits per heavy atom. The first-order valence-electron chi connectivity index (χ1n) is 7.79. The molecule has 0 aliphatic heterocycles. The highest BCUT2D eigenvalue weighted by molar-refractivity contribution is 7.11. The quantitative estimate of drug-likeness (QED) is 0.702. The molecule has 0 saturated carbocycles. The highest BCUT2D eigenvalue weighted by Gasteiger charge is 2.21. The van der Waals surface area contributed by atoms with Gasteiger partial charge in [-0.15, -0.1) is 10.2 Å². The molecule has 0 aliphatic rings.